The Bertz CT molecular complexity index is 1570. The number of nitrogens with zero attached hydrogens (tertiary/aromatic N) is 4. The van der Waals surface area contributed by atoms with Gasteiger partial charge in [0.2, 0.25) is 0 Å². The van der Waals surface area contributed by atoms with Crippen molar-refractivity contribution in [3.8, 4) is 0 Å². The first-order valence-electron chi connectivity index (χ1n) is 11.2. The van der Waals surface area contributed by atoms with Gasteiger partial charge in [0.15, 0.2) is 11.6 Å². The molecule has 0 fully saturated rings. The summed E-state index contributed by atoms with van der Waals surface area (Å²) in [5.41, 5.74) is 0.761. The quantitative estimate of drug-likeness (QED) is 0.273. The molecule has 0 aliphatic rings. The Kier molecular flexibility index (Phi) is 7.18. The molecule has 0 saturated heterocycles. The normalized spacial score (nSPS) is 11.1. The van der Waals surface area contributed by atoms with Crippen molar-refractivity contribution < 1.29 is 18.5 Å². The maximum Gasteiger partial charge on any atom is 0.311 e. The van der Waals surface area contributed by atoms with Gasteiger partial charge >= 0.3 is 5.69 Å². The second kappa shape index (κ2) is 10.5. The Morgan fingerprint density at radius 1 is 1.11 bits per heavy atom. The minimum Gasteiger partial charge on any atom is -0.377 e. The molecule has 0 radical (unpaired) electrons. The van der Waals surface area contributed by atoms with Crippen molar-refractivity contribution in [1.82, 2.24) is 19.9 Å². The third kappa shape index (κ3) is 5.58. The van der Waals surface area contributed by atoms with E-state index in [1.54, 1.807) is 18.2 Å². The maximum atomic E-state index is 13.5. The molecule has 0 aliphatic heterocycles. The second-order valence-electron chi connectivity index (χ2n) is 8.60. The minimum absolute atomic E-state index is 0.0239. The average molecular weight is 508 g/mol. The summed E-state index contributed by atoms with van der Waals surface area (Å²) in [6, 6.07) is 8.26. The first kappa shape index (κ1) is 25.4. The van der Waals surface area contributed by atoms with Crippen LogP contribution in [0.1, 0.15) is 35.3 Å². The number of nitrogens with one attached hydrogen (secondary N) is 2. The zero-order valence-corrected chi connectivity index (χ0v) is 19.9. The van der Waals surface area contributed by atoms with Crippen molar-refractivity contribution in [2.24, 2.45) is 0 Å². The highest BCUT2D eigenvalue weighted by atomic mass is 19.2. The van der Waals surface area contributed by atoms with E-state index in [1.165, 1.54) is 18.6 Å². The van der Waals surface area contributed by atoms with Crippen molar-refractivity contribution in [3.63, 3.8) is 0 Å². The fourth-order valence-corrected chi connectivity index (χ4v) is 3.75. The van der Waals surface area contributed by atoms with E-state index < -0.39 is 28.0 Å². The predicted molar refractivity (Wildman–Crippen MR) is 132 cm³/mol. The number of amides is 1. The number of nitro groups is 1. The van der Waals surface area contributed by atoms with Gasteiger partial charge in [0.05, 0.1) is 23.3 Å². The van der Waals surface area contributed by atoms with Gasteiger partial charge in [-0.25, -0.2) is 18.7 Å². The number of carbonyl (C=O) groups excluding carboxylic acids is 1. The third-order valence-corrected chi connectivity index (χ3v) is 5.48. The lowest BCUT2D eigenvalue weighted by Gasteiger charge is -2.14. The number of hydrogen-bond acceptors (Lipinski definition) is 7. The first-order chi connectivity index (χ1) is 17.6. The Balaban J connectivity index is 1.56. The van der Waals surface area contributed by atoms with Crippen LogP contribution in [-0.4, -0.2) is 31.4 Å². The predicted octanol–water partition coefficient (Wildman–Crippen LogP) is 3.78. The molecule has 1 amide bonds. The smallest absolute Gasteiger partial charge is 0.311 e. The molecule has 0 atom stereocenters. The van der Waals surface area contributed by atoms with Crippen molar-refractivity contribution in [2.75, 3.05) is 5.32 Å². The van der Waals surface area contributed by atoms with Gasteiger partial charge in [-0.15, -0.1) is 0 Å². The molecule has 0 unspecified atom stereocenters. The number of anilines is 1. The molecular formula is C25H22F2N6O4. The molecule has 190 valence electrons. The summed E-state index contributed by atoms with van der Waals surface area (Å²) in [7, 11) is 0. The standard InChI is InChI=1S/C25H22F2N6O4/c1-14(2)31-23-17-7-15(4-6-21(17)29-11-22(23)33(36)37)9-30-24(34)18-10-28-13-32(25(18)35)12-16-3-5-19(26)20(27)8-16/h3-8,10-11,13-14H,9,12H2,1-2H3,(H,29,31)(H,30,34). The first-order valence-corrected chi connectivity index (χ1v) is 11.2. The van der Waals surface area contributed by atoms with Gasteiger partial charge in [-0.1, -0.05) is 12.1 Å². The highest BCUT2D eigenvalue weighted by Crippen LogP contribution is 2.32. The lowest BCUT2D eigenvalue weighted by atomic mass is 10.1. The number of benzene rings is 2. The van der Waals surface area contributed by atoms with Gasteiger partial charge in [-0.3, -0.25) is 24.3 Å². The summed E-state index contributed by atoms with van der Waals surface area (Å²) in [6.45, 7) is 3.63. The molecule has 0 bridgehead atoms. The number of fused-ring (bicyclic) bond motifs is 1. The fourth-order valence-electron chi connectivity index (χ4n) is 3.75. The Labute approximate surface area is 209 Å². The monoisotopic (exact) mass is 508 g/mol. The second-order valence-corrected chi connectivity index (χ2v) is 8.60. The minimum atomic E-state index is -1.05. The van der Waals surface area contributed by atoms with Crippen molar-refractivity contribution in [2.45, 2.75) is 33.0 Å². The van der Waals surface area contributed by atoms with Gasteiger partial charge in [-0.2, -0.15) is 0 Å². The third-order valence-electron chi connectivity index (χ3n) is 5.48. The van der Waals surface area contributed by atoms with Crippen LogP contribution >= 0.6 is 0 Å². The highest BCUT2D eigenvalue weighted by Gasteiger charge is 2.19. The number of pyridine rings is 1. The van der Waals surface area contributed by atoms with Crippen LogP contribution in [0, 0.1) is 21.7 Å². The van der Waals surface area contributed by atoms with Crippen LogP contribution in [0.5, 0.6) is 0 Å². The maximum absolute atomic E-state index is 13.5. The molecule has 2 aromatic heterocycles. The van der Waals surface area contributed by atoms with E-state index in [9.17, 15) is 28.5 Å². The zero-order valence-electron chi connectivity index (χ0n) is 19.9. The van der Waals surface area contributed by atoms with E-state index in [0.717, 1.165) is 22.9 Å². The number of hydrogen-bond donors (Lipinski definition) is 2. The zero-order chi connectivity index (χ0) is 26.7. The summed E-state index contributed by atoms with van der Waals surface area (Å²) in [5.74, 6) is -2.74. The average Bonchev–Trinajstić information content (AvgIpc) is 2.85. The molecule has 2 N–H and O–H groups in total. The number of halogens is 2. The van der Waals surface area contributed by atoms with E-state index in [2.05, 4.69) is 20.6 Å². The Hall–Kier alpha value is -4.74. The number of aromatic nitrogens is 3. The number of rotatable bonds is 8. The van der Waals surface area contributed by atoms with Crippen molar-refractivity contribution in [1.29, 1.82) is 0 Å². The molecule has 10 nitrogen and oxygen atoms in total. The molecule has 2 heterocycles. The summed E-state index contributed by atoms with van der Waals surface area (Å²) in [5, 5.41) is 17.8. The molecule has 0 aliphatic carbocycles. The molecule has 2 aromatic carbocycles. The van der Waals surface area contributed by atoms with Crippen LogP contribution in [0.3, 0.4) is 0 Å². The molecule has 37 heavy (non-hydrogen) atoms. The van der Waals surface area contributed by atoms with E-state index >= 15 is 0 Å². The SMILES string of the molecule is CC(C)Nc1c([N+](=O)[O-])cnc2ccc(CNC(=O)c3cncn(Cc4ccc(F)c(F)c4)c3=O)cc12. The highest BCUT2D eigenvalue weighted by molar-refractivity contribution is 5.96. The van der Waals surface area contributed by atoms with Gasteiger partial charge in [0.1, 0.15) is 17.4 Å². The summed E-state index contributed by atoms with van der Waals surface area (Å²) >= 11 is 0. The summed E-state index contributed by atoms with van der Waals surface area (Å²) in [4.78, 5) is 44.7. The van der Waals surface area contributed by atoms with E-state index in [0.29, 0.717) is 27.7 Å². The van der Waals surface area contributed by atoms with E-state index in [-0.39, 0.29) is 30.4 Å². The van der Waals surface area contributed by atoms with Crippen LogP contribution in [0.15, 0.2) is 59.9 Å². The largest absolute Gasteiger partial charge is 0.377 e. The van der Waals surface area contributed by atoms with Crippen LogP contribution in [0.4, 0.5) is 20.2 Å². The van der Waals surface area contributed by atoms with Crippen LogP contribution in [-0.2, 0) is 13.1 Å². The molecule has 4 aromatic rings. The molecular weight excluding hydrogens is 486 g/mol. The number of carbonyl (C=O) groups is 1. The van der Waals surface area contributed by atoms with Gasteiger partial charge in [-0.05, 0) is 49.2 Å². The van der Waals surface area contributed by atoms with Crippen LogP contribution < -0.4 is 16.2 Å². The molecule has 12 heteroatoms. The summed E-state index contributed by atoms with van der Waals surface area (Å²) < 4.78 is 27.8. The molecule has 0 spiro atoms. The Morgan fingerprint density at radius 3 is 2.57 bits per heavy atom. The molecule has 0 saturated carbocycles. The van der Waals surface area contributed by atoms with Gasteiger partial charge in [0.25, 0.3) is 11.5 Å². The van der Waals surface area contributed by atoms with E-state index in [1.807, 2.05) is 13.8 Å². The van der Waals surface area contributed by atoms with Crippen molar-refractivity contribution >= 4 is 28.2 Å². The Morgan fingerprint density at radius 2 is 1.86 bits per heavy atom. The van der Waals surface area contributed by atoms with E-state index in [4.69, 9.17) is 0 Å². The lowest BCUT2D eigenvalue weighted by molar-refractivity contribution is -0.384. The van der Waals surface area contributed by atoms with Crippen molar-refractivity contribution in [3.05, 3.63) is 104 Å². The fraction of sp³-hybridized carbons (Fsp3) is 0.200. The summed E-state index contributed by atoms with van der Waals surface area (Å²) in [6.07, 6.45) is 3.52. The lowest BCUT2D eigenvalue weighted by Crippen LogP contribution is -2.33. The van der Waals surface area contributed by atoms with Crippen LogP contribution in [0.25, 0.3) is 10.9 Å². The molecule has 4 rings (SSSR count). The van der Waals surface area contributed by atoms with Crippen LogP contribution in [0.2, 0.25) is 0 Å². The topological polar surface area (TPSA) is 132 Å². The van der Waals surface area contributed by atoms with Gasteiger partial charge in [0, 0.05) is 24.2 Å². The van der Waals surface area contributed by atoms with Gasteiger partial charge < -0.3 is 10.6 Å².